The fourth-order valence-corrected chi connectivity index (χ4v) is 8.74. The van der Waals surface area contributed by atoms with Gasteiger partial charge in [-0.1, -0.05) is 0 Å². The van der Waals surface area contributed by atoms with E-state index in [0.29, 0.717) is 0 Å². The number of phenolic OH excluding ortho intramolecular Hbond substituents is 1. The molecule has 0 aliphatic carbocycles. The number of nitrogens with zero attached hydrogens (tertiary/aromatic N) is 4. The Labute approximate surface area is 466 Å². The number of hydrogen-bond acceptors (Lipinski definition) is 28. The largest absolute Gasteiger partial charge is 1.00 e. The van der Waals surface area contributed by atoms with Crippen molar-refractivity contribution < 1.29 is 210 Å². The van der Waals surface area contributed by atoms with Crippen molar-refractivity contribution in [2.45, 2.75) is 21.6 Å². The van der Waals surface area contributed by atoms with Gasteiger partial charge in [-0.05, 0) is 61.0 Å². The van der Waals surface area contributed by atoms with E-state index in [0.717, 1.165) is 0 Å². The van der Waals surface area contributed by atoms with E-state index in [-0.39, 0.29) is 233 Å². The van der Waals surface area contributed by atoms with Gasteiger partial charge in [-0.3, -0.25) is 23.5 Å². The van der Waals surface area contributed by atoms with Crippen LogP contribution in [0.1, 0.15) is 5.56 Å². The van der Waals surface area contributed by atoms with Gasteiger partial charge in [0.15, 0.2) is 50.1 Å². The molecule has 0 atom stereocenters. The summed E-state index contributed by atoms with van der Waals surface area (Å²) in [6.07, 6.45) is 0. The average Bonchev–Trinajstić information content (AvgIpc) is 3.20. The number of benzene rings is 4. The second kappa shape index (κ2) is 31.4. The molecule has 0 heterocycles. The van der Waals surface area contributed by atoms with Gasteiger partial charge in [-0.15, -0.1) is 24.0 Å². The number of hydrogen-bond donors (Lipinski definition) is 2. The molecule has 0 spiro atoms. The second-order valence-corrected chi connectivity index (χ2v) is 18.4. The van der Waals surface area contributed by atoms with Crippen molar-refractivity contribution in [3.63, 3.8) is 0 Å². The van der Waals surface area contributed by atoms with Crippen LogP contribution in [0.5, 0.6) is 11.5 Å². The minimum absolute atomic E-state index is 0. The zero-order valence-electron chi connectivity index (χ0n) is 34.2. The fraction of sp³-hybridized carbons (Fsp3) is 0.241. The molecule has 35 heteroatoms. The van der Waals surface area contributed by atoms with Gasteiger partial charge in [-0.25, -0.2) is 25.3 Å². The average molecular weight is 1050 g/mol. The van der Waals surface area contributed by atoms with Crippen LogP contribution in [0.4, 0.5) is 28.4 Å². The summed E-state index contributed by atoms with van der Waals surface area (Å²) in [5, 5.41) is 70.7. The fourth-order valence-electron chi connectivity index (χ4n) is 4.84. The van der Waals surface area contributed by atoms with E-state index in [4.69, 9.17) is 13.1 Å². The predicted molar refractivity (Wildman–Crippen MR) is 200 cm³/mol. The third kappa shape index (κ3) is 19.5. The maximum atomic E-state index is 13.0. The Bertz CT molecular complexity index is 2520. The molecule has 25 nitrogen and oxygen atoms in total. The van der Waals surface area contributed by atoms with E-state index >= 15 is 0 Å². The molecule has 0 aliphatic rings. The number of fused-ring (bicyclic) bond motifs is 1. The Kier molecular flexibility index (Phi) is 31.5. The monoisotopic (exact) mass is 1050 g/mol. The first-order chi connectivity index (χ1) is 28.5. The van der Waals surface area contributed by atoms with Crippen LogP contribution in [0.25, 0.3) is 10.8 Å². The normalized spacial score (nSPS) is 11.8. The molecule has 64 heavy (non-hydrogen) atoms. The summed E-state index contributed by atoms with van der Waals surface area (Å²) in [4.78, 5) is -0.433. The Hall–Kier alpha value is 0.160. The first kappa shape index (κ1) is 64.2. The van der Waals surface area contributed by atoms with Crippen LogP contribution in [0, 0.1) is 6.92 Å². The molecule has 4 rings (SSSR count). The van der Waals surface area contributed by atoms with Gasteiger partial charge in [-0.2, -0.15) is 9.45 Å². The smallest absolute Gasteiger partial charge is 0.747 e. The van der Waals surface area contributed by atoms with Gasteiger partial charge in [0.1, 0.15) is 38.8 Å². The van der Waals surface area contributed by atoms with E-state index < -0.39 is 52.9 Å². The zero-order chi connectivity index (χ0) is 43.9. The van der Waals surface area contributed by atoms with Crippen molar-refractivity contribution in [3.8, 4) is 11.5 Å². The number of methoxy groups -OCH3 is 1. The van der Waals surface area contributed by atoms with Crippen molar-refractivity contribution >= 4 is 106 Å². The first-order valence-corrected chi connectivity index (χ1v) is 22.7. The van der Waals surface area contributed by atoms with Crippen LogP contribution in [0.3, 0.4) is 0 Å². The van der Waals surface area contributed by atoms with Crippen LogP contribution in [0.15, 0.2) is 89.7 Å². The molecule has 0 unspecified atom stereocenters. The Balaban J connectivity index is 0.00000992. The molecule has 0 fully saturated rings. The van der Waals surface area contributed by atoms with Gasteiger partial charge >= 0.3 is 118 Å². The van der Waals surface area contributed by atoms with Crippen molar-refractivity contribution in [3.05, 3.63) is 60.2 Å². The number of sulfone groups is 2. The zero-order valence-corrected chi connectivity index (χ0v) is 47.1. The first-order valence-electron chi connectivity index (χ1n) is 15.8. The van der Waals surface area contributed by atoms with Gasteiger partial charge < -0.3 is 35.5 Å². The summed E-state index contributed by atoms with van der Waals surface area (Å²) in [6.45, 7) is 0.718. The van der Waals surface area contributed by atoms with Crippen molar-refractivity contribution in [2.75, 3.05) is 43.0 Å². The topological polar surface area (TPSA) is 359 Å². The summed E-state index contributed by atoms with van der Waals surface area (Å²) in [5.74, 6) is -2.80. The maximum Gasteiger partial charge on any atom is 1.00 e. The number of ether oxygens (including phenoxy) is 1. The summed E-state index contributed by atoms with van der Waals surface area (Å²) >= 11 is 0.548. The van der Waals surface area contributed by atoms with Gasteiger partial charge in [0.2, 0.25) is 0 Å². The molecule has 328 valence electrons. The van der Waals surface area contributed by atoms with Crippen LogP contribution in [-0.2, 0) is 66.3 Å². The molecule has 0 bridgehead atoms. The van der Waals surface area contributed by atoms with Crippen LogP contribution in [0.2, 0.25) is 0 Å². The quantitative estimate of drug-likeness (QED) is 0.0118. The molecule has 0 saturated carbocycles. The van der Waals surface area contributed by atoms with Gasteiger partial charge in [0, 0.05) is 16.8 Å². The number of azo groups is 2. The molecule has 4 aromatic rings. The minimum Gasteiger partial charge on any atom is -0.747 e. The second-order valence-electron chi connectivity index (χ2n) is 11.1. The molecule has 0 aromatic heterocycles. The molecule has 0 radical (unpaired) electrons. The number of phenols is 1. The van der Waals surface area contributed by atoms with Crippen LogP contribution in [-0.4, -0.2) is 72.6 Å². The molecule has 0 saturated heterocycles. The van der Waals surface area contributed by atoms with Gasteiger partial charge in [0.25, 0.3) is 0 Å². The Morgan fingerprint density at radius 1 is 0.703 bits per heavy atom. The maximum absolute atomic E-state index is 13.0. The summed E-state index contributed by atoms with van der Waals surface area (Å²) in [6, 6.07) is 11.3. The van der Waals surface area contributed by atoms with Crippen LogP contribution < -0.4 is 144 Å². The molecule has 2 N–H and O–H groups in total. The van der Waals surface area contributed by atoms with Crippen molar-refractivity contribution in [2.24, 2.45) is 20.5 Å². The van der Waals surface area contributed by atoms with Crippen molar-refractivity contribution in [1.29, 1.82) is 0 Å². The van der Waals surface area contributed by atoms with E-state index in [1.165, 1.54) is 68.6 Å². The molecular formula is C29H27N5Na4O20S6. The molecule has 0 aliphatic heterocycles. The number of anilines is 1. The Morgan fingerprint density at radius 2 is 1.28 bits per heavy atom. The summed E-state index contributed by atoms with van der Waals surface area (Å²) < 4.78 is 113. The molecule has 0 amide bonds. The minimum atomic E-state index is -4.83. The molecular weight excluding hydrogens is 1020 g/mol. The third-order valence-corrected chi connectivity index (χ3v) is 12.8. The van der Waals surface area contributed by atoms with E-state index in [9.17, 15) is 50.7 Å². The van der Waals surface area contributed by atoms with Crippen molar-refractivity contribution in [1.82, 2.24) is 0 Å². The Morgan fingerprint density at radius 3 is 1.84 bits per heavy atom. The van der Waals surface area contributed by atoms with E-state index in [1.807, 2.05) is 0 Å². The molecule has 4 aromatic carbocycles. The van der Waals surface area contributed by atoms with Crippen LogP contribution >= 0.6 is 36.7 Å². The SMILES string of the molecule is COc1cc(S(=O)(=O)CCOSOO[O-])c(C)cc1N=Nc1c(SOO[O-])cc2c(N=Nc3ccc(S(=O)(=O)CCOSOO[O-])cc3)c(NCS(=O)(=O)[O-])ccc2c1O.[Na+].[Na+].[Na+].[Na+]. The summed E-state index contributed by atoms with van der Waals surface area (Å²) in [7, 11) is -11.5. The number of nitrogens with one attached hydrogen (secondary N) is 1. The third-order valence-electron chi connectivity index (χ3n) is 7.40. The predicted octanol–water partition coefficient (Wildman–Crippen LogP) is -8.99. The number of aryl methyl sites for hydroxylation is 1. The number of rotatable bonds is 25. The van der Waals surface area contributed by atoms with Gasteiger partial charge in [0.05, 0.1) is 69.9 Å². The standard InChI is InChI=1S/C29H31N5O20S6.4Na/c1-17-13-23(24(46-2)15-26(17)59(41,42)12-10-48-57-54-51-38)32-34-28-25(55-52-49-36)14-21-20(29(28)35)7-8-22(30-16-60(43,44)45)27(21)33-31-18-3-5-19(6-4-18)58(39,40)11-9-47-56-53-50-37;;;;/h3-8,13-15,30,35-38H,9-12,16H2,1-2H3,(H,43,44,45);;;;/q;4*+1/p-4. The summed E-state index contributed by atoms with van der Waals surface area (Å²) in [5.41, 5.74) is -0.295. The number of aromatic hydroxyl groups is 1. The van der Waals surface area contributed by atoms with E-state index in [1.54, 1.807) is 0 Å². The van der Waals surface area contributed by atoms with E-state index in [2.05, 4.69) is 53.9 Å².